The molecule has 0 fully saturated rings. The second kappa shape index (κ2) is 5.68. The van der Waals surface area contributed by atoms with Gasteiger partial charge in [-0.3, -0.25) is 4.98 Å². The lowest BCUT2D eigenvalue weighted by Gasteiger charge is -2.12. The second-order valence-electron chi connectivity index (χ2n) is 4.60. The maximum Gasteiger partial charge on any atom is 0.106 e. The van der Waals surface area contributed by atoms with E-state index in [9.17, 15) is 0 Å². The molecule has 104 valence electrons. The van der Waals surface area contributed by atoms with Crippen molar-refractivity contribution in [3.63, 3.8) is 0 Å². The van der Waals surface area contributed by atoms with Crippen LogP contribution in [0, 0.1) is 0 Å². The Bertz CT molecular complexity index is 833. The van der Waals surface area contributed by atoms with Crippen molar-refractivity contribution in [3.05, 3.63) is 65.3 Å². The summed E-state index contributed by atoms with van der Waals surface area (Å²) in [5, 5.41) is 4.95. The molecule has 5 heteroatoms. The lowest BCUT2D eigenvalue weighted by Crippen LogP contribution is -2.11. The summed E-state index contributed by atoms with van der Waals surface area (Å²) in [4.78, 5) is 4.74. The van der Waals surface area contributed by atoms with Gasteiger partial charge in [0.2, 0.25) is 0 Å². The number of nitrogens with one attached hydrogen (secondary N) is 1. The minimum Gasteiger partial charge on any atom is -0.389 e. The van der Waals surface area contributed by atoms with Gasteiger partial charge in [0.25, 0.3) is 0 Å². The molecule has 3 N–H and O–H groups in total. The van der Waals surface area contributed by atoms with Crippen molar-refractivity contribution >= 4 is 51.1 Å². The van der Waals surface area contributed by atoms with Crippen molar-refractivity contribution in [1.82, 2.24) is 4.98 Å². The zero-order valence-electron chi connectivity index (χ0n) is 11.0. The molecule has 3 aromatic rings. The largest absolute Gasteiger partial charge is 0.389 e. The third kappa shape index (κ3) is 2.96. The smallest absolute Gasteiger partial charge is 0.106 e. The van der Waals surface area contributed by atoms with Crippen molar-refractivity contribution in [2.45, 2.75) is 0 Å². The van der Waals surface area contributed by atoms with Crippen LogP contribution >= 0.6 is 23.8 Å². The van der Waals surface area contributed by atoms with E-state index < -0.39 is 0 Å². The SMILES string of the molecule is NC(=S)c1ccc(Cl)cc1Nc1cnc2ccccc2c1. The average molecular weight is 314 g/mol. The monoisotopic (exact) mass is 313 g/mol. The number of hydrogen-bond acceptors (Lipinski definition) is 3. The number of hydrogen-bond donors (Lipinski definition) is 2. The summed E-state index contributed by atoms with van der Waals surface area (Å²) in [5.41, 5.74) is 9.07. The number of thiocarbonyl (C=S) groups is 1. The zero-order chi connectivity index (χ0) is 14.8. The number of para-hydroxylation sites is 1. The Morgan fingerprint density at radius 2 is 1.95 bits per heavy atom. The van der Waals surface area contributed by atoms with Crippen LogP contribution in [-0.2, 0) is 0 Å². The Hall–Kier alpha value is -2.17. The normalized spacial score (nSPS) is 10.5. The van der Waals surface area contributed by atoms with E-state index in [2.05, 4.69) is 10.3 Å². The van der Waals surface area contributed by atoms with Crippen LogP contribution in [0.4, 0.5) is 11.4 Å². The van der Waals surface area contributed by atoms with E-state index in [0.29, 0.717) is 10.0 Å². The van der Waals surface area contributed by atoms with Crippen LogP contribution in [0.5, 0.6) is 0 Å². The molecule has 0 bridgehead atoms. The molecule has 0 amide bonds. The molecule has 0 radical (unpaired) electrons. The minimum atomic E-state index is 0.322. The van der Waals surface area contributed by atoms with E-state index in [-0.39, 0.29) is 0 Å². The van der Waals surface area contributed by atoms with Crippen LogP contribution in [0.3, 0.4) is 0 Å². The van der Waals surface area contributed by atoms with Gasteiger partial charge >= 0.3 is 0 Å². The number of benzene rings is 2. The van der Waals surface area contributed by atoms with Crippen molar-refractivity contribution in [2.75, 3.05) is 5.32 Å². The molecule has 0 aliphatic carbocycles. The fraction of sp³-hybridized carbons (Fsp3) is 0. The molecule has 21 heavy (non-hydrogen) atoms. The van der Waals surface area contributed by atoms with Gasteiger partial charge in [-0.1, -0.05) is 42.0 Å². The molecule has 2 aromatic carbocycles. The Kier molecular flexibility index (Phi) is 3.73. The fourth-order valence-corrected chi connectivity index (χ4v) is 2.48. The van der Waals surface area contributed by atoms with Crippen molar-refractivity contribution in [1.29, 1.82) is 0 Å². The summed E-state index contributed by atoms with van der Waals surface area (Å²) in [5.74, 6) is 0. The first kappa shape index (κ1) is 13.8. The number of fused-ring (bicyclic) bond motifs is 1. The molecule has 0 saturated heterocycles. The van der Waals surface area contributed by atoms with Crippen molar-refractivity contribution < 1.29 is 0 Å². The minimum absolute atomic E-state index is 0.322. The molecule has 0 atom stereocenters. The molecule has 3 nitrogen and oxygen atoms in total. The summed E-state index contributed by atoms with van der Waals surface area (Å²) in [6.07, 6.45) is 1.77. The molecule has 3 rings (SSSR count). The summed E-state index contributed by atoms with van der Waals surface area (Å²) >= 11 is 11.1. The topological polar surface area (TPSA) is 50.9 Å². The Labute approximate surface area is 132 Å². The van der Waals surface area contributed by atoms with Crippen LogP contribution in [0.1, 0.15) is 5.56 Å². The number of anilines is 2. The number of nitrogens with zero attached hydrogens (tertiary/aromatic N) is 1. The van der Waals surface area contributed by atoms with Crippen LogP contribution in [0.15, 0.2) is 54.7 Å². The zero-order valence-corrected chi connectivity index (χ0v) is 12.6. The Morgan fingerprint density at radius 1 is 1.14 bits per heavy atom. The van der Waals surface area contributed by atoms with Gasteiger partial charge in [0.15, 0.2) is 0 Å². The predicted molar refractivity (Wildman–Crippen MR) is 92.4 cm³/mol. The maximum absolute atomic E-state index is 6.04. The lowest BCUT2D eigenvalue weighted by atomic mass is 10.1. The molecular weight excluding hydrogens is 302 g/mol. The highest BCUT2D eigenvalue weighted by Crippen LogP contribution is 2.26. The van der Waals surface area contributed by atoms with Crippen LogP contribution in [-0.4, -0.2) is 9.97 Å². The highest BCUT2D eigenvalue weighted by atomic mass is 35.5. The third-order valence-corrected chi connectivity index (χ3v) is 3.57. The quantitative estimate of drug-likeness (QED) is 0.709. The van der Waals surface area contributed by atoms with E-state index in [0.717, 1.165) is 27.8 Å². The molecular formula is C16H12ClN3S. The van der Waals surface area contributed by atoms with E-state index in [1.165, 1.54) is 0 Å². The van der Waals surface area contributed by atoms with Gasteiger partial charge in [0.1, 0.15) is 4.99 Å². The van der Waals surface area contributed by atoms with E-state index in [4.69, 9.17) is 29.6 Å². The Morgan fingerprint density at radius 3 is 2.76 bits per heavy atom. The standard InChI is InChI=1S/C16H12ClN3S/c17-11-5-6-13(16(18)21)15(8-11)20-12-7-10-3-1-2-4-14(10)19-9-12/h1-9,20H,(H2,18,21). The number of aromatic nitrogens is 1. The average Bonchev–Trinajstić information content (AvgIpc) is 2.47. The molecule has 0 aliphatic rings. The fourth-order valence-electron chi connectivity index (χ4n) is 2.13. The number of halogens is 1. The molecule has 1 heterocycles. The summed E-state index contributed by atoms with van der Waals surface area (Å²) in [7, 11) is 0. The molecule has 1 aromatic heterocycles. The third-order valence-electron chi connectivity index (χ3n) is 3.12. The summed E-state index contributed by atoms with van der Waals surface area (Å²) < 4.78 is 0. The molecule has 0 unspecified atom stereocenters. The van der Waals surface area contributed by atoms with Gasteiger partial charge in [-0.05, 0) is 30.3 Å². The van der Waals surface area contributed by atoms with Gasteiger partial charge in [0, 0.05) is 16.0 Å². The van der Waals surface area contributed by atoms with Crippen LogP contribution in [0.2, 0.25) is 5.02 Å². The summed E-state index contributed by atoms with van der Waals surface area (Å²) in [6, 6.07) is 15.3. The number of rotatable bonds is 3. The molecule has 0 aliphatic heterocycles. The van der Waals surface area contributed by atoms with E-state index >= 15 is 0 Å². The van der Waals surface area contributed by atoms with Gasteiger partial charge in [-0.25, -0.2) is 0 Å². The first-order chi connectivity index (χ1) is 10.1. The first-order valence-electron chi connectivity index (χ1n) is 6.34. The van der Waals surface area contributed by atoms with Crippen molar-refractivity contribution in [3.8, 4) is 0 Å². The molecule has 0 saturated carbocycles. The highest BCUT2D eigenvalue weighted by Gasteiger charge is 2.07. The number of nitrogens with two attached hydrogens (primary N) is 1. The Balaban J connectivity index is 2.02. The van der Waals surface area contributed by atoms with Crippen LogP contribution < -0.4 is 11.1 Å². The highest BCUT2D eigenvalue weighted by molar-refractivity contribution is 7.80. The van der Waals surface area contributed by atoms with Crippen molar-refractivity contribution in [2.24, 2.45) is 5.73 Å². The maximum atomic E-state index is 6.04. The van der Waals surface area contributed by atoms with Crippen LogP contribution in [0.25, 0.3) is 10.9 Å². The van der Waals surface area contributed by atoms with Gasteiger partial charge < -0.3 is 11.1 Å². The summed E-state index contributed by atoms with van der Waals surface area (Å²) in [6.45, 7) is 0. The van der Waals surface area contributed by atoms with Gasteiger partial charge in [-0.15, -0.1) is 0 Å². The predicted octanol–water partition coefficient (Wildman–Crippen LogP) is 4.27. The van der Waals surface area contributed by atoms with E-state index in [1.54, 1.807) is 18.3 Å². The van der Waals surface area contributed by atoms with Gasteiger partial charge in [0.05, 0.1) is 23.1 Å². The second-order valence-corrected chi connectivity index (χ2v) is 5.47. The molecule has 0 spiro atoms. The number of pyridine rings is 1. The lowest BCUT2D eigenvalue weighted by molar-refractivity contribution is 1.39. The van der Waals surface area contributed by atoms with Gasteiger partial charge in [-0.2, -0.15) is 0 Å². The van der Waals surface area contributed by atoms with E-state index in [1.807, 2.05) is 36.4 Å². The first-order valence-corrected chi connectivity index (χ1v) is 7.13.